The molecule has 0 fully saturated rings. The number of thiocarbonyl (C=S) groups is 1. The van der Waals surface area contributed by atoms with Crippen LogP contribution in [0.1, 0.15) is 24.2 Å². The lowest BCUT2D eigenvalue weighted by Gasteiger charge is -2.16. The van der Waals surface area contributed by atoms with E-state index in [1.54, 1.807) is 0 Å². The highest BCUT2D eigenvalue weighted by atomic mass is 79.9. The zero-order valence-electron chi connectivity index (χ0n) is 11.6. The van der Waals surface area contributed by atoms with Gasteiger partial charge in [-0.3, -0.25) is 4.68 Å². The average molecular weight is 353 g/mol. The number of anilines is 1. The number of hydrogen-bond acceptors (Lipinski definition) is 2. The molecule has 2 N–H and O–H groups in total. The number of halogens is 1. The third-order valence-electron chi connectivity index (χ3n) is 2.97. The minimum Gasteiger partial charge on any atom is -0.356 e. The molecule has 0 spiro atoms. The molecule has 0 amide bonds. The molecule has 0 aliphatic carbocycles. The average Bonchev–Trinajstić information content (AvgIpc) is 2.71. The van der Waals surface area contributed by atoms with Crippen LogP contribution in [0.5, 0.6) is 0 Å². The summed E-state index contributed by atoms with van der Waals surface area (Å²) < 4.78 is 2.86. The standard InChI is InChI=1S/C14H17BrN4S/c1-9(13-8-19(3)18-10(13)2)16-14(20)17-12-6-4-11(15)5-7-12/h4-9H,1-3H3,(H2,16,17,20)/t9-/m0/s1. The number of aryl methyl sites for hydroxylation is 2. The minimum absolute atomic E-state index is 0.110. The van der Waals surface area contributed by atoms with Gasteiger partial charge < -0.3 is 10.6 Å². The summed E-state index contributed by atoms with van der Waals surface area (Å²) in [5.41, 5.74) is 3.12. The Morgan fingerprint density at radius 3 is 2.55 bits per heavy atom. The van der Waals surface area contributed by atoms with Gasteiger partial charge in [-0.1, -0.05) is 15.9 Å². The SMILES string of the molecule is Cc1nn(C)cc1[C@H](C)NC(=S)Nc1ccc(Br)cc1. The molecule has 4 nitrogen and oxygen atoms in total. The van der Waals surface area contributed by atoms with Crippen LogP contribution in [0.3, 0.4) is 0 Å². The molecule has 0 unspecified atom stereocenters. The molecule has 1 aromatic carbocycles. The van der Waals surface area contributed by atoms with Crippen molar-refractivity contribution in [2.45, 2.75) is 19.9 Å². The zero-order chi connectivity index (χ0) is 14.7. The van der Waals surface area contributed by atoms with Gasteiger partial charge in [0, 0.05) is 29.0 Å². The van der Waals surface area contributed by atoms with Crippen molar-refractivity contribution in [2.24, 2.45) is 7.05 Å². The first-order valence-corrected chi connectivity index (χ1v) is 7.49. The maximum atomic E-state index is 5.33. The molecule has 0 saturated carbocycles. The van der Waals surface area contributed by atoms with Crippen LogP contribution < -0.4 is 10.6 Å². The molecule has 0 aliphatic heterocycles. The minimum atomic E-state index is 0.110. The summed E-state index contributed by atoms with van der Waals surface area (Å²) in [7, 11) is 1.92. The van der Waals surface area contributed by atoms with Crippen molar-refractivity contribution in [3.05, 3.63) is 46.2 Å². The van der Waals surface area contributed by atoms with Crippen molar-refractivity contribution < 1.29 is 0 Å². The zero-order valence-corrected chi connectivity index (χ0v) is 14.0. The number of nitrogens with one attached hydrogen (secondary N) is 2. The fourth-order valence-corrected chi connectivity index (χ4v) is 2.58. The van der Waals surface area contributed by atoms with E-state index in [2.05, 4.69) is 38.6 Å². The number of benzene rings is 1. The predicted octanol–water partition coefficient (Wildman–Crippen LogP) is 3.54. The van der Waals surface area contributed by atoms with Crippen LogP contribution in [0, 0.1) is 6.92 Å². The van der Waals surface area contributed by atoms with Gasteiger partial charge in [-0.05, 0) is 50.3 Å². The van der Waals surface area contributed by atoms with Gasteiger partial charge in [0.05, 0.1) is 11.7 Å². The summed E-state index contributed by atoms with van der Waals surface area (Å²) in [6.45, 7) is 4.07. The van der Waals surface area contributed by atoms with E-state index in [1.807, 2.05) is 49.1 Å². The molecular weight excluding hydrogens is 336 g/mol. The summed E-state index contributed by atoms with van der Waals surface area (Å²) in [6.07, 6.45) is 2.01. The first kappa shape index (κ1) is 15.0. The maximum Gasteiger partial charge on any atom is 0.171 e. The largest absolute Gasteiger partial charge is 0.356 e. The molecule has 0 aliphatic rings. The Morgan fingerprint density at radius 2 is 2.00 bits per heavy atom. The number of rotatable bonds is 3. The first-order chi connectivity index (χ1) is 9.45. The summed E-state index contributed by atoms with van der Waals surface area (Å²) >= 11 is 8.74. The van der Waals surface area contributed by atoms with Crippen LogP contribution in [0.4, 0.5) is 5.69 Å². The van der Waals surface area contributed by atoms with E-state index in [0.29, 0.717) is 5.11 Å². The Bertz CT molecular complexity index is 606. The van der Waals surface area contributed by atoms with Crippen LogP contribution in [0.2, 0.25) is 0 Å². The predicted molar refractivity (Wildman–Crippen MR) is 89.9 cm³/mol. The van der Waals surface area contributed by atoms with Crippen molar-refractivity contribution >= 4 is 38.9 Å². The molecule has 20 heavy (non-hydrogen) atoms. The lowest BCUT2D eigenvalue weighted by molar-refractivity contribution is 0.715. The Morgan fingerprint density at radius 1 is 1.35 bits per heavy atom. The topological polar surface area (TPSA) is 41.9 Å². The van der Waals surface area contributed by atoms with Gasteiger partial charge in [-0.25, -0.2) is 0 Å². The molecule has 106 valence electrons. The van der Waals surface area contributed by atoms with Crippen LogP contribution in [-0.4, -0.2) is 14.9 Å². The molecule has 0 bridgehead atoms. The Balaban J connectivity index is 1.97. The molecule has 2 aromatic rings. The quantitative estimate of drug-likeness (QED) is 0.829. The van der Waals surface area contributed by atoms with Crippen molar-refractivity contribution in [3.8, 4) is 0 Å². The molecule has 1 atom stereocenters. The Hall–Kier alpha value is -1.40. The molecular formula is C14H17BrN4S. The highest BCUT2D eigenvalue weighted by Gasteiger charge is 2.12. The Labute approximate surface area is 132 Å². The summed E-state index contributed by atoms with van der Waals surface area (Å²) in [4.78, 5) is 0. The van der Waals surface area contributed by atoms with Crippen molar-refractivity contribution in [3.63, 3.8) is 0 Å². The van der Waals surface area contributed by atoms with E-state index in [1.165, 1.54) is 0 Å². The van der Waals surface area contributed by atoms with E-state index in [4.69, 9.17) is 12.2 Å². The normalized spacial score (nSPS) is 12.0. The second-order valence-electron chi connectivity index (χ2n) is 4.67. The molecule has 1 aromatic heterocycles. The van der Waals surface area contributed by atoms with Gasteiger partial charge in [0.25, 0.3) is 0 Å². The smallest absolute Gasteiger partial charge is 0.171 e. The van der Waals surface area contributed by atoms with E-state index >= 15 is 0 Å². The molecule has 1 heterocycles. The van der Waals surface area contributed by atoms with E-state index in [9.17, 15) is 0 Å². The second-order valence-corrected chi connectivity index (χ2v) is 5.99. The Kier molecular flexibility index (Phi) is 4.77. The van der Waals surface area contributed by atoms with E-state index < -0.39 is 0 Å². The fraction of sp³-hybridized carbons (Fsp3) is 0.286. The van der Waals surface area contributed by atoms with Crippen LogP contribution >= 0.6 is 28.1 Å². The lowest BCUT2D eigenvalue weighted by atomic mass is 10.1. The highest BCUT2D eigenvalue weighted by molar-refractivity contribution is 9.10. The fourth-order valence-electron chi connectivity index (χ4n) is 2.02. The number of hydrogen-bond donors (Lipinski definition) is 2. The van der Waals surface area contributed by atoms with E-state index in [0.717, 1.165) is 21.4 Å². The third-order valence-corrected chi connectivity index (χ3v) is 3.72. The van der Waals surface area contributed by atoms with Crippen LogP contribution in [0.25, 0.3) is 0 Å². The van der Waals surface area contributed by atoms with Gasteiger partial charge in [-0.2, -0.15) is 5.10 Å². The molecule has 2 rings (SSSR count). The lowest BCUT2D eigenvalue weighted by Crippen LogP contribution is -2.31. The van der Waals surface area contributed by atoms with Crippen LogP contribution in [0.15, 0.2) is 34.9 Å². The van der Waals surface area contributed by atoms with Gasteiger partial charge >= 0.3 is 0 Å². The molecule has 6 heteroatoms. The first-order valence-electron chi connectivity index (χ1n) is 6.29. The van der Waals surface area contributed by atoms with Gasteiger partial charge in [-0.15, -0.1) is 0 Å². The number of aromatic nitrogens is 2. The summed E-state index contributed by atoms with van der Waals surface area (Å²) in [6, 6.07) is 7.99. The van der Waals surface area contributed by atoms with Gasteiger partial charge in [0.15, 0.2) is 5.11 Å². The van der Waals surface area contributed by atoms with Crippen molar-refractivity contribution in [1.82, 2.24) is 15.1 Å². The van der Waals surface area contributed by atoms with Crippen molar-refractivity contribution in [1.29, 1.82) is 0 Å². The maximum absolute atomic E-state index is 5.33. The van der Waals surface area contributed by atoms with E-state index in [-0.39, 0.29) is 6.04 Å². The molecule has 0 radical (unpaired) electrons. The summed E-state index contributed by atoms with van der Waals surface area (Å²) in [5, 5.41) is 11.4. The van der Waals surface area contributed by atoms with Gasteiger partial charge in [0.2, 0.25) is 0 Å². The van der Waals surface area contributed by atoms with Crippen molar-refractivity contribution in [2.75, 3.05) is 5.32 Å². The van der Waals surface area contributed by atoms with Crippen LogP contribution in [-0.2, 0) is 7.05 Å². The highest BCUT2D eigenvalue weighted by Crippen LogP contribution is 2.17. The summed E-state index contributed by atoms with van der Waals surface area (Å²) in [5.74, 6) is 0. The number of nitrogens with zero attached hydrogens (tertiary/aromatic N) is 2. The second kappa shape index (κ2) is 6.37. The third kappa shape index (κ3) is 3.80. The monoisotopic (exact) mass is 352 g/mol. The van der Waals surface area contributed by atoms with Gasteiger partial charge in [0.1, 0.15) is 0 Å². The molecule has 0 saturated heterocycles.